The average molecular weight is 1910 g/mol. The van der Waals surface area contributed by atoms with E-state index in [0.717, 1.165) is 153 Å². The molecule has 0 bridgehead atoms. The van der Waals surface area contributed by atoms with Crippen molar-refractivity contribution in [2.45, 2.75) is 407 Å². The molecule has 10 fully saturated rings. The van der Waals surface area contributed by atoms with Crippen LogP contribution in [0.2, 0.25) is 0 Å². The molecular weight excluding hydrogens is 1760 g/mol. The molecule has 10 aliphatic carbocycles. The zero-order valence-electron chi connectivity index (χ0n) is 80.5. The number of ether oxygens (including phenoxy) is 14. The van der Waals surface area contributed by atoms with Crippen molar-refractivity contribution in [3.05, 3.63) is 50.6 Å². The van der Waals surface area contributed by atoms with Gasteiger partial charge in [-0.15, -0.1) is 0 Å². The molecule has 136 heavy (non-hydrogen) atoms. The third kappa shape index (κ3) is 38.8. The van der Waals surface area contributed by atoms with Crippen LogP contribution in [0.1, 0.15) is 321 Å². The van der Waals surface area contributed by atoms with Crippen LogP contribution in [0.15, 0.2) is 50.6 Å². The molecule has 26 unspecified atom stereocenters. The molecule has 10 aliphatic rings. The standard InChI is InChI=1S/C108H154F4O24/c1-5-99(113)127-59-21-13-9-17-55-123-95-49-43-79(67-89(95)109)103(117)131-85-47-53-93(135-105(119)81-45-51-97(91(111)69-81)125-57-19-11-15-23-61-129-101(115)7-3)87(71-85)107(121)133-83-35-27-33-77(65-83)41-39-75-31-25-29-73(63-75)37-38-74-30-26-32-76(64-74)40-42-78-34-28-36-84(66-78)134-108(122)88-72-86(132-104(118)80-44-50-96(90(110)68-80)124-56-18-10-14-22-60-128-100(114)6-2)48-54-94(88)136-106(120)82-46-52-98(92(112)70-82)126-58-20-12-16-24-62-130-102(116)8-4/h5-8,73-98H,1-4,9-36,43-72H2. The van der Waals surface area contributed by atoms with Gasteiger partial charge in [0.25, 0.3) is 0 Å². The molecule has 10 rings (SSSR count). The monoisotopic (exact) mass is 1910 g/mol. The Kier molecular flexibility index (Phi) is 49.1. The maximum Gasteiger partial charge on any atom is 0.330 e. The van der Waals surface area contributed by atoms with Crippen molar-refractivity contribution in [2.24, 2.45) is 71.0 Å². The molecule has 26 atom stereocenters. The second-order valence-electron chi connectivity index (χ2n) is 39.6. The fourth-order valence-electron chi connectivity index (χ4n) is 21.1. The van der Waals surface area contributed by atoms with Crippen LogP contribution >= 0.6 is 0 Å². The number of unbranched alkanes of at least 4 members (excludes halogenated alkanes) is 12. The van der Waals surface area contributed by atoms with E-state index in [1.54, 1.807) is 0 Å². The number of alkyl halides is 4. The molecule has 0 N–H and O–H groups in total. The molecule has 0 heterocycles. The van der Waals surface area contributed by atoms with E-state index in [0.29, 0.717) is 181 Å². The topological polar surface area (TPSA) is 300 Å². The summed E-state index contributed by atoms with van der Waals surface area (Å²) in [4.78, 5) is 131. The van der Waals surface area contributed by atoms with Crippen molar-refractivity contribution in [1.29, 1.82) is 0 Å². The summed E-state index contributed by atoms with van der Waals surface area (Å²) in [6, 6.07) is 0. The zero-order chi connectivity index (χ0) is 96.8. The first-order valence-electron chi connectivity index (χ1n) is 52.0. The van der Waals surface area contributed by atoms with Crippen LogP contribution in [0.3, 0.4) is 0 Å². The van der Waals surface area contributed by atoms with Gasteiger partial charge in [-0.05, 0) is 270 Å². The molecule has 0 aliphatic heterocycles. The smallest absolute Gasteiger partial charge is 0.330 e. The summed E-state index contributed by atoms with van der Waals surface area (Å²) in [5.74, 6) is 12.4. The number of esters is 10. The van der Waals surface area contributed by atoms with E-state index in [1.165, 1.54) is 0 Å². The minimum absolute atomic E-state index is 0.0211. The summed E-state index contributed by atoms with van der Waals surface area (Å²) in [6.07, 6.45) is 20.9. The molecule has 0 aromatic heterocycles. The van der Waals surface area contributed by atoms with E-state index in [1.807, 2.05) is 0 Å². The highest BCUT2D eigenvalue weighted by atomic mass is 19.1. The molecule has 0 saturated heterocycles. The van der Waals surface area contributed by atoms with Crippen LogP contribution in [-0.2, 0) is 114 Å². The second-order valence-corrected chi connectivity index (χ2v) is 39.6. The lowest BCUT2D eigenvalue weighted by molar-refractivity contribution is -0.182. The summed E-state index contributed by atoms with van der Waals surface area (Å²) >= 11 is 0. The van der Waals surface area contributed by atoms with Crippen molar-refractivity contribution in [1.82, 2.24) is 0 Å². The number of rotatable bonds is 48. The minimum atomic E-state index is -1.40. The number of hydrogen-bond acceptors (Lipinski definition) is 24. The average Bonchev–Trinajstić information content (AvgIpc) is 0.811. The summed E-state index contributed by atoms with van der Waals surface area (Å²) in [6.45, 7) is 16.2. The van der Waals surface area contributed by atoms with Gasteiger partial charge < -0.3 is 66.3 Å². The van der Waals surface area contributed by atoms with Crippen LogP contribution in [0.4, 0.5) is 17.6 Å². The molecule has 0 spiro atoms. The number of carbonyl (C=O) groups excluding carboxylic acids is 10. The van der Waals surface area contributed by atoms with Crippen molar-refractivity contribution in [2.75, 3.05) is 52.9 Å². The lowest BCUT2D eigenvalue weighted by Gasteiger charge is -2.37. The van der Waals surface area contributed by atoms with Gasteiger partial charge in [-0.2, -0.15) is 0 Å². The normalized spacial score (nSPS) is 31.7. The fraction of sp³-hybridized carbons (Fsp3) is 0.778. The lowest BCUT2D eigenvalue weighted by atomic mass is 9.79. The Morgan fingerprint density at radius 2 is 0.449 bits per heavy atom. The summed E-state index contributed by atoms with van der Waals surface area (Å²) in [5.41, 5.74) is 0. The fourth-order valence-corrected chi connectivity index (χ4v) is 21.1. The molecule has 0 aromatic carbocycles. The summed E-state index contributed by atoms with van der Waals surface area (Å²) in [7, 11) is 0. The van der Waals surface area contributed by atoms with Gasteiger partial charge in [0, 0.05) is 99.1 Å². The molecule has 0 aromatic rings. The predicted molar refractivity (Wildman–Crippen MR) is 499 cm³/mol. The zero-order valence-corrected chi connectivity index (χ0v) is 80.5. The highest BCUT2D eigenvalue weighted by molar-refractivity contribution is 5.83. The van der Waals surface area contributed by atoms with Crippen LogP contribution in [-0.4, -0.2) is 198 Å². The van der Waals surface area contributed by atoms with E-state index >= 15 is 17.6 Å². The van der Waals surface area contributed by atoms with Gasteiger partial charge in [-0.1, -0.05) is 100 Å². The maximum absolute atomic E-state index is 15.8. The molecule has 24 nitrogen and oxygen atoms in total. The number of hydrogen-bond donors (Lipinski definition) is 0. The van der Waals surface area contributed by atoms with Crippen LogP contribution in [0, 0.1) is 107 Å². The van der Waals surface area contributed by atoms with Crippen LogP contribution in [0.5, 0.6) is 0 Å². The number of carbonyl (C=O) groups is 10. The predicted octanol–water partition coefficient (Wildman–Crippen LogP) is 19.3. The number of halogens is 4. The highest BCUT2D eigenvalue weighted by Crippen LogP contribution is 2.43. The van der Waals surface area contributed by atoms with Gasteiger partial charge in [-0.3, -0.25) is 28.8 Å². The van der Waals surface area contributed by atoms with E-state index in [4.69, 9.17) is 66.3 Å². The van der Waals surface area contributed by atoms with E-state index < -0.39 is 181 Å². The Morgan fingerprint density at radius 1 is 0.228 bits per heavy atom. The third-order valence-electron chi connectivity index (χ3n) is 29.1. The van der Waals surface area contributed by atoms with Gasteiger partial charge in [-0.25, -0.2) is 36.7 Å². The second kappa shape index (κ2) is 60.8. The molecule has 0 amide bonds. The Labute approximate surface area is 804 Å². The Morgan fingerprint density at radius 3 is 0.706 bits per heavy atom. The van der Waals surface area contributed by atoms with Crippen molar-refractivity contribution < 1.29 is 132 Å². The van der Waals surface area contributed by atoms with Crippen molar-refractivity contribution in [3.8, 4) is 35.5 Å². The summed E-state index contributed by atoms with van der Waals surface area (Å²) in [5, 5.41) is 0. The maximum atomic E-state index is 15.8. The van der Waals surface area contributed by atoms with E-state index in [-0.39, 0.29) is 99.7 Å². The molecule has 0 radical (unpaired) electrons. The van der Waals surface area contributed by atoms with Gasteiger partial charge in [0.15, 0.2) is 0 Å². The van der Waals surface area contributed by atoms with Crippen molar-refractivity contribution in [3.63, 3.8) is 0 Å². The van der Waals surface area contributed by atoms with Crippen LogP contribution < -0.4 is 0 Å². The molecule has 10 saturated carbocycles. The summed E-state index contributed by atoms with van der Waals surface area (Å²) < 4.78 is 144. The quantitative estimate of drug-likeness (QED) is 0.0136. The van der Waals surface area contributed by atoms with Gasteiger partial charge in [0.1, 0.15) is 61.3 Å². The van der Waals surface area contributed by atoms with Gasteiger partial charge in [0.05, 0.1) is 86.4 Å². The van der Waals surface area contributed by atoms with Crippen LogP contribution in [0.25, 0.3) is 0 Å². The van der Waals surface area contributed by atoms with Gasteiger partial charge >= 0.3 is 59.7 Å². The Bertz CT molecular complexity index is 3740. The minimum Gasteiger partial charge on any atom is -0.463 e. The van der Waals surface area contributed by atoms with Gasteiger partial charge in [0.2, 0.25) is 0 Å². The first kappa shape index (κ1) is 110. The largest absolute Gasteiger partial charge is 0.463 e. The molecule has 758 valence electrons. The first-order valence-corrected chi connectivity index (χ1v) is 52.0. The SMILES string of the molecule is C=CC(=O)OCCCCCCOC1CCC(C(=O)OC2CCC(OC(=O)C3CCC(OCCCCCCOC(=O)C=C)C(F)C3)C(C(=O)OC3CCCC(C#CC4CCCC(C#CC5CCCC(C#CC6CCCC(OC(=O)C7CC(OC(=O)C8CCC(OCCCCCCOC(=O)C=C)C(F)C8)CCC7OC(=O)C7CCC(OCCCCCCOC(=O)C=C)C(F)C7)C6)C5)C4)C3)C2)CC1F. The Balaban J connectivity index is 0.685. The van der Waals surface area contributed by atoms with E-state index in [2.05, 4.69) is 61.8 Å². The first-order chi connectivity index (χ1) is 66.0. The highest BCUT2D eigenvalue weighted by Gasteiger charge is 2.48. The molecular formula is C108H154F4O24. The third-order valence-corrected chi connectivity index (χ3v) is 29.1. The Hall–Kier alpha value is -8.10. The lowest BCUT2D eigenvalue weighted by Crippen LogP contribution is -2.45. The van der Waals surface area contributed by atoms with E-state index in [9.17, 15) is 47.9 Å². The van der Waals surface area contributed by atoms with Crippen molar-refractivity contribution >= 4 is 59.7 Å². The molecule has 28 heteroatoms.